The molecule has 49 heavy (non-hydrogen) atoms. The van der Waals surface area contributed by atoms with Crippen molar-refractivity contribution in [2.24, 2.45) is 0 Å². The second-order valence-electron chi connectivity index (χ2n) is 12.0. The topological polar surface area (TPSA) is 118 Å². The average molecular weight is 697 g/mol. The largest absolute Gasteiger partial charge is 0.482 e. The molecule has 0 saturated carbocycles. The van der Waals surface area contributed by atoms with Crippen molar-refractivity contribution in [3.63, 3.8) is 0 Å². The molecule has 0 spiro atoms. The Balaban J connectivity index is 1.20. The lowest BCUT2D eigenvalue weighted by Gasteiger charge is -2.35. The molecular weight excluding hydrogens is 664 g/mol. The number of benzene rings is 3. The minimum atomic E-state index is -4.03. The van der Waals surface area contributed by atoms with Crippen LogP contribution in [-0.4, -0.2) is 61.7 Å². The minimum absolute atomic E-state index is 0.0285. The molecule has 2 aliphatic heterocycles. The molecule has 4 aromatic rings. The molecule has 1 aromatic heterocycles. The molecule has 0 radical (unpaired) electrons. The number of aromatic nitrogens is 1. The van der Waals surface area contributed by atoms with Gasteiger partial charge in [0.25, 0.3) is 5.91 Å². The number of carbonyl (C=O) groups excluding carboxylic acids is 2. The highest BCUT2D eigenvalue weighted by Crippen LogP contribution is 2.33. The second-order valence-corrected chi connectivity index (χ2v) is 13.9. The van der Waals surface area contributed by atoms with Crippen molar-refractivity contribution < 1.29 is 40.3 Å². The Bertz CT molecular complexity index is 1970. The van der Waals surface area contributed by atoms with E-state index in [1.165, 1.54) is 53.0 Å². The fourth-order valence-corrected chi connectivity index (χ4v) is 8.00. The van der Waals surface area contributed by atoms with Gasteiger partial charge in [-0.15, -0.1) is 0 Å². The third-order valence-electron chi connectivity index (χ3n) is 8.69. The van der Waals surface area contributed by atoms with Crippen LogP contribution in [0.25, 0.3) is 0 Å². The number of Topliss-reactive ketones (excluding diaryl/α,β-unsaturated/α-hetero) is 1. The minimum Gasteiger partial charge on any atom is -0.482 e. The van der Waals surface area contributed by atoms with Crippen molar-refractivity contribution >= 4 is 27.4 Å². The summed E-state index contributed by atoms with van der Waals surface area (Å²) < 4.78 is 91.6. The lowest BCUT2D eigenvalue weighted by atomic mass is 9.85. The predicted molar refractivity (Wildman–Crippen MR) is 172 cm³/mol. The van der Waals surface area contributed by atoms with E-state index < -0.39 is 51.2 Å². The van der Waals surface area contributed by atoms with Crippen molar-refractivity contribution in [2.75, 3.05) is 31.6 Å². The predicted octanol–water partition coefficient (Wildman–Crippen LogP) is 4.90. The Morgan fingerprint density at radius 3 is 2.47 bits per heavy atom. The number of nitrogens with zero attached hydrogens (tertiary/aromatic N) is 2. The van der Waals surface area contributed by atoms with Crippen molar-refractivity contribution in [1.82, 2.24) is 14.6 Å². The van der Waals surface area contributed by atoms with Crippen LogP contribution in [0.4, 0.5) is 23.2 Å². The van der Waals surface area contributed by atoms with E-state index >= 15 is 4.39 Å². The smallest absolute Gasteiger partial charge is 0.262 e. The molecule has 9 nitrogen and oxygen atoms in total. The summed E-state index contributed by atoms with van der Waals surface area (Å²) in [6.07, 6.45) is 2.23. The highest BCUT2D eigenvalue weighted by molar-refractivity contribution is 7.89. The summed E-state index contributed by atoms with van der Waals surface area (Å²) in [6, 6.07) is 11.9. The van der Waals surface area contributed by atoms with Gasteiger partial charge >= 0.3 is 0 Å². The van der Waals surface area contributed by atoms with Crippen LogP contribution >= 0.6 is 0 Å². The van der Waals surface area contributed by atoms with Crippen molar-refractivity contribution in [2.45, 2.75) is 42.5 Å². The summed E-state index contributed by atoms with van der Waals surface area (Å²) in [5.41, 5.74) is 1.42. The maximum absolute atomic E-state index is 15.3. The lowest BCUT2D eigenvalue weighted by Crippen LogP contribution is -2.53. The average Bonchev–Trinajstić information content (AvgIpc) is 3.07. The maximum atomic E-state index is 15.3. The molecule has 1 fully saturated rings. The molecule has 0 unspecified atom stereocenters. The first kappa shape index (κ1) is 34.2. The van der Waals surface area contributed by atoms with Crippen LogP contribution in [0.5, 0.6) is 5.75 Å². The molecule has 3 heterocycles. The number of hydrogen-bond acceptors (Lipinski definition) is 7. The zero-order valence-electron chi connectivity index (χ0n) is 26.1. The van der Waals surface area contributed by atoms with Gasteiger partial charge in [-0.25, -0.2) is 26.0 Å². The first-order valence-electron chi connectivity index (χ1n) is 15.6. The Morgan fingerprint density at radius 2 is 1.71 bits per heavy atom. The van der Waals surface area contributed by atoms with Crippen molar-refractivity contribution in [1.29, 1.82) is 0 Å². The molecule has 1 amide bonds. The summed E-state index contributed by atoms with van der Waals surface area (Å²) in [7, 11) is -4.03. The van der Waals surface area contributed by atoms with Gasteiger partial charge in [-0.2, -0.15) is 4.31 Å². The standard InChI is InChI=1S/C35H32F4N4O5S/c36-24-3-1-21(2-4-24)31(22-11-25(37)14-26(38)12-22)15-28(44)13-23-17-41-19-32(39)30(23)7-5-27-18-40-9-10-43(27)49(46,47)29-6-8-34-33(16-29)42-35(45)20-48-34/h1-4,6,8,11-12,14,16-17,19,27,31,40H,5,7,9-10,13,15,18,20H2,(H,42,45)/t27-,31-/m0/s1. The molecule has 3 aromatic carbocycles. The molecule has 0 bridgehead atoms. The highest BCUT2D eigenvalue weighted by Gasteiger charge is 2.34. The van der Waals surface area contributed by atoms with Gasteiger partial charge in [0.05, 0.1) is 16.8 Å². The van der Waals surface area contributed by atoms with Crippen LogP contribution in [0.1, 0.15) is 41.0 Å². The number of hydrogen-bond donors (Lipinski definition) is 2. The summed E-state index contributed by atoms with van der Waals surface area (Å²) in [5.74, 6) is -4.05. The van der Waals surface area contributed by atoms with Gasteiger partial charge in [0.2, 0.25) is 10.0 Å². The van der Waals surface area contributed by atoms with Crippen molar-refractivity contribution in [3.05, 3.63) is 119 Å². The SMILES string of the molecule is O=C(Cc1cncc(F)c1CC[C@H]1CNCCN1S(=O)(=O)c1ccc2c(c1)NC(=O)CO2)C[C@@H](c1ccc(F)cc1)c1cc(F)cc(F)c1. The lowest BCUT2D eigenvalue weighted by molar-refractivity contribution is -0.119. The van der Waals surface area contributed by atoms with Crippen LogP contribution in [0.2, 0.25) is 0 Å². The molecular formula is C35H32F4N4O5S. The third kappa shape index (κ3) is 7.82. The highest BCUT2D eigenvalue weighted by atomic mass is 32.2. The van der Waals surface area contributed by atoms with E-state index in [2.05, 4.69) is 15.6 Å². The van der Waals surface area contributed by atoms with Gasteiger partial charge in [-0.3, -0.25) is 14.6 Å². The Labute approximate surface area is 280 Å². The number of rotatable bonds is 11. The quantitative estimate of drug-likeness (QED) is 0.215. The van der Waals surface area contributed by atoms with Crippen LogP contribution in [0.15, 0.2) is 78.0 Å². The third-order valence-corrected chi connectivity index (χ3v) is 10.6. The van der Waals surface area contributed by atoms with Gasteiger partial charge in [-0.05, 0) is 77.6 Å². The molecule has 1 saturated heterocycles. The number of ether oxygens (including phenoxy) is 1. The van der Waals surface area contributed by atoms with E-state index in [0.29, 0.717) is 36.0 Å². The monoisotopic (exact) mass is 696 g/mol. The van der Waals surface area contributed by atoms with Crippen LogP contribution < -0.4 is 15.4 Å². The van der Waals surface area contributed by atoms with Crippen LogP contribution in [0, 0.1) is 23.3 Å². The molecule has 256 valence electrons. The van der Waals surface area contributed by atoms with E-state index in [0.717, 1.165) is 18.3 Å². The van der Waals surface area contributed by atoms with Gasteiger partial charge in [0.1, 0.15) is 34.8 Å². The van der Waals surface area contributed by atoms with Gasteiger partial charge < -0.3 is 15.4 Å². The summed E-state index contributed by atoms with van der Waals surface area (Å²) in [4.78, 5) is 29.2. The molecule has 2 N–H and O–H groups in total. The van der Waals surface area contributed by atoms with Gasteiger partial charge in [-0.1, -0.05) is 12.1 Å². The summed E-state index contributed by atoms with van der Waals surface area (Å²) >= 11 is 0. The molecule has 14 heteroatoms. The second kappa shape index (κ2) is 14.4. The number of sulfonamides is 1. The number of anilines is 1. The van der Waals surface area contributed by atoms with E-state index in [4.69, 9.17) is 4.74 Å². The number of ketones is 1. The molecule has 2 atom stereocenters. The van der Waals surface area contributed by atoms with Crippen LogP contribution in [0.3, 0.4) is 0 Å². The van der Waals surface area contributed by atoms with Gasteiger partial charge in [0.15, 0.2) is 6.61 Å². The first-order valence-corrected chi connectivity index (χ1v) is 17.1. The van der Waals surface area contributed by atoms with Crippen LogP contribution in [-0.2, 0) is 32.5 Å². The first-order chi connectivity index (χ1) is 23.5. The molecule has 2 aliphatic rings. The Morgan fingerprint density at radius 1 is 0.959 bits per heavy atom. The fraction of sp³-hybridized carbons (Fsp3) is 0.286. The maximum Gasteiger partial charge on any atom is 0.262 e. The normalized spacial score (nSPS) is 17.1. The number of amides is 1. The number of halogens is 4. The van der Waals surface area contributed by atoms with Crippen molar-refractivity contribution in [3.8, 4) is 5.75 Å². The number of fused-ring (bicyclic) bond motifs is 1. The number of piperazine rings is 1. The number of pyridine rings is 1. The summed E-state index contributed by atoms with van der Waals surface area (Å²) in [5, 5.41) is 5.80. The Kier molecular flexibility index (Phi) is 10.1. The molecule has 0 aliphatic carbocycles. The zero-order valence-corrected chi connectivity index (χ0v) is 26.9. The number of carbonyl (C=O) groups is 2. The van der Waals surface area contributed by atoms with E-state index in [1.807, 2.05) is 0 Å². The number of nitrogens with one attached hydrogen (secondary N) is 2. The summed E-state index contributed by atoms with van der Waals surface area (Å²) in [6.45, 7) is 0.686. The van der Waals surface area contributed by atoms with Gasteiger partial charge in [0, 0.05) is 56.7 Å². The van der Waals surface area contributed by atoms with E-state index in [-0.39, 0.29) is 66.3 Å². The fourth-order valence-electron chi connectivity index (χ4n) is 6.32. The zero-order chi connectivity index (χ0) is 34.7. The molecule has 6 rings (SSSR count). The Hall–Kier alpha value is -4.66. The van der Waals surface area contributed by atoms with E-state index in [1.54, 1.807) is 0 Å². The van der Waals surface area contributed by atoms with E-state index in [9.17, 15) is 31.2 Å².